The predicted molar refractivity (Wildman–Crippen MR) is 146 cm³/mol. The maximum Gasteiger partial charge on any atom is 0.270 e. The number of amides is 1. The van der Waals surface area contributed by atoms with Crippen molar-refractivity contribution in [1.29, 1.82) is 0 Å². The lowest BCUT2D eigenvalue weighted by Crippen LogP contribution is -2.27. The third-order valence-corrected chi connectivity index (χ3v) is 7.36. The van der Waals surface area contributed by atoms with Crippen LogP contribution in [0.2, 0.25) is 5.02 Å². The molecule has 0 aliphatic carbocycles. The molecule has 1 aromatic heterocycles. The van der Waals surface area contributed by atoms with Gasteiger partial charge < -0.3 is 9.30 Å². The highest BCUT2D eigenvalue weighted by atomic mass is 35.5. The van der Waals surface area contributed by atoms with E-state index < -0.39 is 0 Å². The zero-order valence-electron chi connectivity index (χ0n) is 18.6. The minimum Gasteiger partial charge on any atom is -0.495 e. The second-order valence-corrected chi connectivity index (χ2v) is 10.1. The minimum atomic E-state index is -0.161. The standard InChI is InChI=1S/C27H21ClN2O2S2/c1-17-7-9-18(10-8-17)15-29-16-19(21-5-3-4-6-23(21)29)13-25-26(31)30(27(33)34-25)20-11-12-24(32-2)22(28)14-20/h3-14,16H,15H2,1-2H3/b25-13-. The van der Waals surface area contributed by atoms with Gasteiger partial charge in [-0.3, -0.25) is 9.69 Å². The monoisotopic (exact) mass is 504 g/mol. The highest BCUT2D eigenvalue weighted by Crippen LogP contribution is 2.39. The van der Waals surface area contributed by atoms with Gasteiger partial charge >= 0.3 is 0 Å². The number of halogens is 1. The van der Waals surface area contributed by atoms with Crippen LogP contribution < -0.4 is 9.64 Å². The van der Waals surface area contributed by atoms with E-state index in [2.05, 4.69) is 54.1 Å². The van der Waals surface area contributed by atoms with Gasteiger partial charge in [0.1, 0.15) is 5.75 Å². The Bertz CT molecular complexity index is 1460. The average molecular weight is 505 g/mol. The van der Waals surface area contributed by atoms with Gasteiger partial charge in [-0.05, 0) is 42.8 Å². The van der Waals surface area contributed by atoms with E-state index >= 15 is 0 Å². The number of ether oxygens (including phenoxy) is 1. The molecule has 7 heteroatoms. The summed E-state index contributed by atoms with van der Waals surface area (Å²) in [6, 6.07) is 22.0. The summed E-state index contributed by atoms with van der Waals surface area (Å²) in [7, 11) is 1.55. The van der Waals surface area contributed by atoms with E-state index in [9.17, 15) is 4.79 Å². The van der Waals surface area contributed by atoms with Crippen molar-refractivity contribution in [2.24, 2.45) is 0 Å². The zero-order chi connectivity index (χ0) is 23.8. The zero-order valence-corrected chi connectivity index (χ0v) is 21.0. The summed E-state index contributed by atoms with van der Waals surface area (Å²) in [6.07, 6.45) is 4.03. The molecule has 1 amide bonds. The fourth-order valence-corrected chi connectivity index (χ4v) is 5.58. The number of methoxy groups -OCH3 is 1. The first-order chi connectivity index (χ1) is 16.4. The molecule has 0 saturated carbocycles. The molecule has 34 heavy (non-hydrogen) atoms. The van der Waals surface area contributed by atoms with Crippen molar-refractivity contribution in [3.63, 3.8) is 0 Å². The number of para-hydroxylation sites is 1. The van der Waals surface area contributed by atoms with Crippen LogP contribution in [-0.2, 0) is 11.3 Å². The number of hydrogen-bond donors (Lipinski definition) is 0. The summed E-state index contributed by atoms with van der Waals surface area (Å²) < 4.78 is 7.91. The van der Waals surface area contributed by atoms with Crippen LogP contribution in [0.25, 0.3) is 17.0 Å². The molecule has 0 unspecified atom stereocenters. The lowest BCUT2D eigenvalue weighted by molar-refractivity contribution is -0.113. The Labute approximate surface area is 212 Å². The van der Waals surface area contributed by atoms with Crippen molar-refractivity contribution in [2.45, 2.75) is 13.5 Å². The lowest BCUT2D eigenvalue weighted by Gasteiger charge is -2.15. The van der Waals surface area contributed by atoms with Crippen molar-refractivity contribution in [1.82, 2.24) is 4.57 Å². The van der Waals surface area contributed by atoms with Gasteiger partial charge in [0.15, 0.2) is 4.32 Å². The van der Waals surface area contributed by atoms with E-state index in [0.29, 0.717) is 25.7 Å². The first kappa shape index (κ1) is 22.7. The molecule has 0 N–H and O–H groups in total. The number of thioether (sulfide) groups is 1. The number of fused-ring (bicyclic) bond motifs is 1. The Balaban J connectivity index is 1.50. The van der Waals surface area contributed by atoms with Crippen molar-refractivity contribution < 1.29 is 9.53 Å². The van der Waals surface area contributed by atoms with Crippen LogP contribution in [0.4, 0.5) is 5.69 Å². The smallest absolute Gasteiger partial charge is 0.270 e. The van der Waals surface area contributed by atoms with Crippen LogP contribution in [0.5, 0.6) is 5.75 Å². The summed E-state index contributed by atoms with van der Waals surface area (Å²) in [5.74, 6) is 0.388. The number of nitrogens with zero attached hydrogens (tertiary/aromatic N) is 2. The molecule has 170 valence electrons. The molecule has 2 heterocycles. The quantitative estimate of drug-likeness (QED) is 0.215. The average Bonchev–Trinajstić information content (AvgIpc) is 3.31. The van der Waals surface area contributed by atoms with Gasteiger partial charge in [0.2, 0.25) is 0 Å². The van der Waals surface area contributed by atoms with Crippen LogP contribution in [0.1, 0.15) is 16.7 Å². The number of rotatable bonds is 5. The van der Waals surface area contributed by atoms with Gasteiger partial charge in [0.25, 0.3) is 5.91 Å². The molecule has 0 radical (unpaired) electrons. The topological polar surface area (TPSA) is 34.5 Å². The van der Waals surface area contributed by atoms with Crippen LogP contribution >= 0.6 is 35.6 Å². The molecule has 4 aromatic rings. The number of aryl methyl sites for hydroxylation is 1. The van der Waals surface area contributed by atoms with Crippen molar-refractivity contribution >= 4 is 68.5 Å². The summed E-state index contributed by atoms with van der Waals surface area (Å²) in [6.45, 7) is 2.84. The first-order valence-corrected chi connectivity index (χ1v) is 12.3. The van der Waals surface area contributed by atoms with Gasteiger partial charge in [0, 0.05) is 29.2 Å². The maximum absolute atomic E-state index is 13.3. The molecule has 3 aromatic carbocycles. The van der Waals surface area contributed by atoms with Crippen molar-refractivity contribution in [2.75, 3.05) is 12.0 Å². The molecule has 1 fully saturated rings. The number of benzene rings is 3. The van der Waals surface area contributed by atoms with Gasteiger partial charge in [-0.25, -0.2) is 0 Å². The molecule has 5 rings (SSSR count). The number of thiocarbonyl (C=S) groups is 1. The SMILES string of the molecule is COc1ccc(N2C(=O)/C(=C/c3cn(Cc4ccc(C)cc4)c4ccccc34)SC2=S)cc1Cl. The Morgan fingerprint density at radius 2 is 1.85 bits per heavy atom. The van der Waals surface area contributed by atoms with E-state index in [1.807, 2.05) is 18.2 Å². The Morgan fingerprint density at radius 1 is 1.09 bits per heavy atom. The number of hydrogen-bond acceptors (Lipinski definition) is 4. The maximum atomic E-state index is 13.3. The largest absolute Gasteiger partial charge is 0.495 e. The van der Waals surface area contributed by atoms with Crippen LogP contribution in [-0.4, -0.2) is 21.9 Å². The molecular formula is C27H21ClN2O2S2. The lowest BCUT2D eigenvalue weighted by atomic mass is 10.1. The molecule has 0 atom stereocenters. The van der Waals surface area contributed by atoms with Gasteiger partial charge in [0.05, 0.1) is 22.7 Å². The van der Waals surface area contributed by atoms with Crippen LogP contribution in [0.15, 0.2) is 77.8 Å². The van der Waals surface area contributed by atoms with Crippen molar-refractivity contribution in [3.05, 3.63) is 99.5 Å². The second kappa shape index (κ2) is 9.29. The summed E-state index contributed by atoms with van der Waals surface area (Å²) in [5.41, 5.74) is 5.18. The molecule has 4 nitrogen and oxygen atoms in total. The van der Waals surface area contributed by atoms with Gasteiger partial charge in [-0.15, -0.1) is 0 Å². The first-order valence-electron chi connectivity index (χ1n) is 10.7. The van der Waals surface area contributed by atoms with E-state index in [1.54, 1.807) is 25.3 Å². The van der Waals surface area contributed by atoms with Crippen LogP contribution in [0, 0.1) is 6.92 Å². The molecule has 1 aliphatic heterocycles. The number of aromatic nitrogens is 1. The highest BCUT2D eigenvalue weighted by molar-refractivity contribution is 8.27. The fraction of sp³-hybridized carbons (Fsp3) is 0.111. The number of anilines is 1. The highest BCUT2D eigenvalue weighted by Gasteiger charge is 2.34. The molecule has 1 aliphatic rings. The van der Waals surface area contributed by atoms with E-state index in [0.717, 1.165) is 23.0 Å². The van der Waals surface area contributed by atoms with Gasteiger partial charge in [-0.1, -0.05) is 83.6 Å². The van der Waals surface area contributed by atoms with Gasteiger partial charge in [-0.2, -0.15) is 0 Å². The minimum absolute atomic E-state index is 0.161. The molecule has 0 bridgehead atoms. The second-order valence-electron chi connectivity index (χ2n) is 8.05. The molecular weight excluding hydrogens is 484 g/mol. The van der Waals surface area contributed by atoms with Crippen molar-refractivity contribution in [3.8, 4) is 5.75 Å². The summed E-state index contributed by atoms with van der Waals surface area (Å²) in [4.78, 5) is 15.4. The third kappa shape index (κ3) is 4.25. The predicted octanol–water partition coefficient (Wildman–Crippen LogP) is 7.07. The fourth-order valence-electron chi connectivity index (χ4n) is 4.04. The summed E-state index contributed by atoms with van der Waals surface area (Å²) >= 11 is 13.1. The Hall–Kier alpha value is -3.06. The van der Waals surface area contributed by atoms with E-state index in [-0.39, 0.29) is 5.91 Å². The molecule has 1 saturated heterocycles. The number of carbonyl (C=O) groups excluding carboxylic acids is 1. The Kier molecular flexibility index (Phi) is 6.21. The van der Waals surface area contributed by atoms with Crippen LogP contribution in [0.3, 0.4) is 0 Å². The van der Waals surface area contributed by atoms with E-state index in [1.165, 1.54) is 27.8 Å². The summed E-state index contributed by atoms with van der Waals surface area (Å²) in [5, 5.41) is 1.52. The van der Waals surface area contributed by atoms with E-state index in [4.69, 9.17) is 28.6 Å². The third-order valence-electron chi connectivity index (χ3n) is 5.77. The Morgan fingerprint density at radius 3 is 2.59 bits per heavy atom. The number of carbonyl (C=O) groups is 1. The normalized spacial score (nSPS) is 15.0. The molecule has 0 spiro atoms.